The summed E-state index contributed by atoms with van der Waals surface area (Å²) in [7, 11) is 1.57. The summed E-state index contributed by atoms with van der Waals surface area (Å²) in [6.45, 7) is 2.34. The van der Waals surface area contributed by atoms with Crippen LogP contribution in [0.15, 0.2) is 35.3 Å². The predicted octanol–water partition coefficient (Wildman–Crippen LogP) is 3.44. The van der Waals surface area contributed by atoms with Crippen LogP contribution in [0.5, 0.6) is 5.75 Å². The van der Waals surface area contributed by atoms with Gasteiger partial charge in [-0.25, -0.2) is 18.2 Å². The van der Waals surface area contributed by atoms with Gasteiger partial charge in [0.2, 0.25) is 5.75 Å². The van der Waals surface area contributed by atoms with E-state index in [9.17, 15) is 18.0 Å². The van der Waals surface area contributed by atoms with E-state index in [4.69, 9.17) is 4.74 Å². The second kappa shape index (κ2) is 8.58. The Bertz CT molecular complexity index is 1380. The smallest absolute Gasteiger partial charge is 0.301 e. The number of alkyl halides is 2. The third-order valence-corrected chi connectivity index (χ3v) is 7.17. The topological polar surface area (TPSA) is 83.5 Å². The van der Waals surface area contributed by atoms with Crippen molar-refractivity contribution < 1.29 is 17.9 Å². The Hall–Kier alpha value is -3.47. The lowest BCUT2D eigenvalue weighted by Gasteiger charge is -2.28. The summed E-state index contributed by atoms with van der Waals surface area (Å²) in [6.07, 6.45) is 2.60. The largest absolute Gasteiger partial charge is 0.480 e. The van der Waals surface area contributed by atoms with E-state index in [0.717, 1.165) is 26.2 Å². The molecule has 1 aromatic carbocycles. The number of anilines is 4. The second-order valence-corrected chi connectivity index (χ2v) is 9.69. The fourth-order valence-electron chi connectivity index (χ4n) is 5.03. The summed E-state index contributed by atoms with van der Waals surface area (Å²) >= 11 is 0. The van der Waals surface area contributed by atoms with Crippen molar-refractivity contribution in [3.63, 3.8) is 0 Å². The number of rotatable bonds is 4. The van der Waals surface area contributed by atoms with E-state index in [1.165, 1.54) is 10.8 Å². The van der Waals surface area contributed by atoms with Crippen LogP contribution in [0.1, 0.15) is 12.8 Å². The van der Waals surface area contributed by atoms with Gasteiger partial charge in [-0.05, 0) is 37.0 Å². The molecule has 190 valence electrons. The van der Waals surface area contributed by atoms with Crippen LogP contribution in [0.3, 0.4) is 0 Å². The summed E-state index contributed by atoms with van der Waals surface area (Å²) in [5, 5.41) is 9.88. The Balaban J connectivity index is 1.40. The first-order valence-electron chi connectivity index (χ1n) is 12.1. The number of ether oxygens (including phenoxy) is 1. The first kappa shape index (κ1) is 23.0. The van der Waals surface area contributed by atoms with Crippen molar-refractivity contribution in [2.75, 3.05) is 48.3 Å². The number of nitrogens with one attached hydrogen (secondary N) is 3. The molecule has 0 radical (unpaired) electrons. The van der Waals surface area contributed by atoms with Crippen LogP contribution in [0, 0.1) is 11.7 Å². The van der Waals surface area contributed by atoms with E-state index >= 15 is 0 Å². The van der Waals surface area contributed by atoms with Gasteiger partial charge >= 0.3 is 5.92 Å². The van der Waals surface area contributed by atoms with Gasteiger partial charge in [-0.2, -0.15) is 0 Å². The third kappa shape index (κ3) is 4.01. The summed E-state index contributed by atoms with van der Waals surface area (Å²) in [5.41, 5.74) is 1.11. The van der Waals surface area contributed by atoms with E-state index < -0.39 is 29.9 Å². The molecule has 8 nitrogen and oxygen atoms in total. The molecule has 0 unspecified atom stereocenters. The van der Waals surface area contributed by atoms with Gasteiger partial charge < -0.3 is 30.2 Å². The lowest BCUT2D eigenvalue weighted by molar-refractivity contribution is -0.0579. The van der Waals surface area contributed by atoms with Crippen LogP contribution in [0.2, 0.25) is 0 Å². The summed E-state index contributed by atoms with van der Waals surface area (Å²) in [4.78, 5) is 19.3. The third-order valence-electron chi connectivity index (χ3n) is 7.17. The molecule has 2 aromatic heterocycles. The molecular formula is C25H27F3N6O2. The van der Waals surface area contributed by atoms with Gasteiger partial charge in [-0.1, -0.05) is 0 Å². The van der Waals surface area contributed by atoms with Crippen molar-refractivity contribution >= 4 is 33.8 Å². The van der Waals surface area contributed by atoms with Crippen molar-refractivity contribution in [1.29, 1.82) is 0 Å². The van der Waals surface area contributed by atoms with E-state index in [1.807, 2.05) is 0 Å². The maximum atomic E-state index is 14.9. The highest BCUT2D eigenvalue weighted by molar-refractivity contribution is 5.97. The normalized spacial score (nSPS) is 21.3. The lowest BCUT2D eigenvalue weighted by Crippen LogP contribution is -2.44. The van der Waals surface area contributed by atoms with Crippen LogP contribution in [-0.2, 0) is 7.05 Å². The van der Waals surface area contributed by atoms with Crippen molar-refractivity contribution in [3.8, 4) is 5.75 Å². The number of hydrogen-bond donors (Lipinski definition) is 3. The highest BCUT2D eigenvalue weighted by atomic mass is 19.3. The zero-order valence-electron chi connectivity index (χ0n) is 19.8. The van der Waals surface area contributed by atoms with Gasteiger partial charge in [-0.15, -0.1) is 0 Å². The van der Waals surface area contributed by atoms with E-state index in [-0.39, 0.29) is 23.0 Å². The number of piperazine rings is 1. The number of hydrogen-bond acceptors (Lipinski definition) is 7. The number of benzene rings is 1. The molecule has 2 fully saturated rings. The SMILES string of the molecule is Cn1c(=O)c2c(c3cc(Nc4cc(N5CCNCC5)ncc4F)ccc31)N[C@@H](C1CC1)C(F)(F)CO2. The monoisotopic (exact) mass is 500 g/mol. The average molecular weight is 501 g/mol. The van der Waals surface area contributed by atoms with Gasteiger partial charge in [0.15, 0.2) is 12.4 Å². The Morgan fingerprint density at radius 1 is 1.19 bits per heavy atom. The molecule has 1 saturated carbocycles. The quantitative estimate of drug-likeness (QED) is 0.506. The maximum Gasteiger partial charge on any atom is 0.301 e. The van der Waals surface area contributed by atoms with Crippen LogP contribution >= 0.6 is 0 Å². The minimum absolute atomic E-state index is 0.124. The molecule has 3 aliphatic rings. The molecule has 6 rings (SSSR count). The zero-order valence-corrected chi connectivity index (χ0v) is 19.8. The van der Waals surface area contributed by atoms with E-state index in [2.05, 4.69) is 25.8 Å². The molecule has 36 heavy (non-hydrogen) atoms. The van der Waals surface area contributed by atoms with E-state index in [0.29, 0.717) is 35.2 Å². The zero-order chi connectivity index (χ0) is 25.0. The number of nitrogens with zero attached hydrogens (tertiary/aromatic N) is 3. The van der Waals surface area contributed by atoms with Crippen molar-refractivity contribution in [1.82, 2.24) is 14.9 Å². The predicted molar refractivity (Wildman–Crippen MR) is 132 cm³/mol. The Morgan fingerprint density at radius 2 is 1.97 bits per heavy atom. The number of fused-ring (bicyclic) bond motifs is 3. The van der Waals surface area contributed by atoms with E-state index in [1.54, 1.807) is 31.3 Å². The molecule has 0 spiro atoms. The summed E-state index contributed by atoms with van der Waals surface area (Å²) < 4.78 is 51.2. The maximum absolute atomic E-state index is 14.9. The van der Waals surface area contributed by atoms with Gasteiger partial charge in [0.25, 0.3) is 5.56 Å². The highest BCUT2D eigenvalue weighted by Crippen LogP contribution is 2.45. The van der Waals surface area contributed by atoms with Crippen LogP contribution in [0.25, 0.3) is 10.9 Å². The van der Waals surface area contributed by atoms with Crippen LogP contribution in [0.4, 0.5) is 36.1 Å². The molecule has 0 bridgehead atoms. The summed E-state index contributed by atoms with van der Waals surface area (Å²) in [6, 6.07) is 5.71. The molecule has 11 heteroatoms. The Kier molecular flexibility index (Phi) is 5.47. The molecule has 3 N–H and O–H groups in total. The van der Waals surface area contributed by atoms with Gasteiger partial charge in [-0.3, -0.25) is 4.79 Å². The summed E-state index contributed by atoms with van der Waals surface area (Å²) in [5.74, 6) is -3.26. The minimum atomic E-state index is -3.12. The first-order valence-corrected chi connectivity index (χ1v) is 12.1. The fraction of sp³-hybridized carbons (Fsp3) is 0.440. The Labute approximate surface area is 205 Å². The number of halogens is 3. The fourth-order valence-corrected chi connectivity index (χ4v) is 5.03. The van der Waals surface area contributed by atoms with Crippen molar-refractivity contribution in [2.24, 2.45) is 13.0 Å². The molecule has 4 heterocycles. The van der Waals surface area contributed by atoms with Gasteiger partial charge in [0.1, 0.15) is 5.82 Å². The second-order valence-electron chi connectivity index (χ2n) is 9.69. The molecule has 1 saturated heterocycles. The number of aryl methyl sites for hydroxylation is 1. The lowest BCUT2D eigenvalue weighted by atomic mass is 10.0. The number of pyridine rings is 2. The van der Waals surface area contributed by atoms with Crippen LogP contribution in [-0.4, -0.2) is 54.3 Å². The first-order chi connectivity index (χ1) is 17.3. The van der Waals surface area contributed by atoms with Crippen LogP contribution < -0.4 is 31.1 Å². The van der Waals surface area contributed by atoms with Crippen molar-refractivity contribution in [2.45, 2.75) is 24.8 Å². The van der Waals surface area contributed by atoms with Gasteiger partial charge in [0.05, 0.1) is 29.1 Å². The standard InChI is InChI=1S/C25H27F3N6O2/c1-33-19-5-4-15(31-18-11-20(30-12-17(18)26)34-8-6-29-7-9-34)10-16(19)21-22(24(33)35)36-13-25(27,28)23(32-21)14-2-3-14/h4-5,10-12,14,23,29,32H,2-3,6-9,13H2,1H3,(H,30,31)/t23-/m0/s1. The minimum Gasteiger partial charge on any atom is -0.480 e. The molecule has 3 aromatic rings. The average Bonchev–Trinajstić information content (AvgIpc) is 3.72. The van der Waals surface area contributed by atoms with Crippen molar-refractivity contribution in [3.05, 3.63) is 46.6 Å². The molecule has 1 aliphatic carbocycles. The molecular weight excluding hydrogens is 473 g/mol. The Morgan fingerprint density at radius 3 is 2.72 bits per heavy atom. The van der Waals surface area contributed by atoms with Gasteiger partial charge in [0, 0.05) is 50.4 Å². The molecule has 0 amide bonds. The molecule has 1 atom stereocenters. The molecule has 2 aliphatic heterocycles. The number of aromatic nitrogens is 2. The highest BCUT2D eigenvalue weighted by Gasteiger charge is 2.51.